The van der Waals surface area contributed by atoms with Crippen molar-refractivity contribution in [3.8, 4) is 0 Å². The molecule has 0 aliphatic heterocycles. The van der Waals surface area contributed by atoms with Gasteiger partial charge in [0.2, 0.25) is 5.89 Å². The lowest BCUT2D eigenvalue weighted by molar-refractivity contribution is 0.284. The highest BCUT2D eigenvalue weighted by molar-refractivity contribution is 5.08. The third-order valence-electron chi connectivity index (χ3n) is 5.02. The minimum atomic E-state index is 0.190. The highest BCUT2D eigenvalue weighted by atomic mass is 16.5. The molecule has 0 radical (unpaired) electrons. The predicted octanol–water partition coefficient (Wildman–Crippen LogP) is 3.45. The molecule has 4 unspecified atom stereocenters. The Labute approximate surface area is 121 Å². The van der Waals surface area contributed by atoms with Crippen molar-refractivity contribution in [1.29, 1.82) is 0 Å². The molecule has 2 fully saturated rings. The van der Waals surface area contributed by atoms with E-state index in [4.69, 9.17) is 15.2 Å². The SMILES string of the molecule is CC(C)(C)CC(CN)c1nc(C2CC3CCC2C3)no1. The zero-order chi connectivity index (χ0) is 14.3. The zero-order valence-corrected chi connectivity index (χ0v) is 12.9. The molecule has 2 aliphatic rings. The van der Waals surface area contributed by atoms with Gasteiger partial charge in [-0.05, 0) is 42.9 Å². The van der Waals surface area contributed by atoms with Crippen LogP contribution < -0.4 is 5.73 Å². The molecule has 112 valence electrons. The highest BCUT2D eigenvalue weighted by Gasteiger charge is 2.42. The molecule has 0 aromatic carbocycles. The van der Waals surface area contributed by atoms with Crippen LogP contribution in [0.3, 0.4) is 0 Å². The van der Waals surface area contributed by atoms with Crippen molar-refractivity contribution < 1.29 is 4.52 Å². The molecule has 4 nitrogen and oxygen atoms in total. The Morgan fingerprint density at radius 1 is 1.30 bits per heavy atom. The van der Waals surface area contributed by atoms with Crippen molar-refractivity contribution in [2.24, 2.45) is 23.0 Å². The normalized spacial score (nSPS) is 30.9. The summed E-state index contributed by atoms with van der Waals surface area (Å²) in [5.74, 6) is 4.13. The number of nitrogens with zero attached hydrogens (tertiary/aromatic N) is 2. The van der Waals surface area contributed by atoms with Gasteiger partial charge in [0.15, 0.2) is 5.82 Å². The van der Waals surface area contributed by atoms with E-state index in [1.54, 1.807) is 0 Å². The Balaban J connectivity index is 1.72. The van der Waals surface area contributed by atoms with Crippen molar-refractivity contribution in [3.05, 3.63) is 11.7 Å². The number of aromatic nitrogens is 2. The summed E-state index contributed by atoms with van der Waals surface area (Å²) in [7, 11) is 0. The van der Waals surface area contributed by atoms with Crippen LogP contribution >= 0.6 is 0 Å². The van der Waals surface area contributed by atoms with Crippen LogP contribution in [0.4, 0.5) is 0 Å². The van der Waals surface area contributed by atoms with E-state index in [1.807, 2.05) is 0 Å². The van der Waals surface area contributed by atoms with Crippen molar-refractivity contribution >= 4 is 0 Å². The smallest absolute Gasteiger partial charge is 0.231 e. The Morgan fingerprint density at radius 3 is 2.65 bits per heavy atom. The summed E-state index contributed by atoms with van der Waals surface area (Å²) < 4.78 is 5.54. The average Bonchev–Trinajstić information content (AvgIpc) is 3.09. The number of rotatable bonds is 4. The summed E-state index contributed by atoms with van der Waals surface area (Å²) in [6, 6.07) is 0. The fraction of sp³-hybridized carbons (Fsp3) is 0.875. The standard InChI is InChI=1S/C16H27N3O/c1-16(2,3)8-12(9-17)15-18-14(19-20-15)13-7-10-4-5-11(13)6-10/h10-13H,4-9,17H2,1-3H3. The van der Waals surface area contributed by atoms with Crippen molar-refractivity contribution in [2.45, 2.75) is 64.7 Å². The van der Waals surface area contributed by atoms with Gasteiger partial charge in [0.1, 0.15) is 0 Å². The summed E-state index contributed by atoms with van der Waals surface area (Å²) in [6.45, 7) is 7.25. The largest absolute Gasteiger partial charge is 0.339 e. The number of hydrogen-bond donors (Lipinski definition) is 1. The van der Waals surface area contributed by atoms with Gasteiger partial charge in [-0.25, -0.2) is 0 Å². The topological polar surface area (TPSA) is 64.9 Å². The Kier molecular flexibility index (Phi) is 3.61. The molecule has 2 saturated carbocycles. The van der Waals surface area contributed by atoms with Crippen molar-refractivity contribution in [1.82, 2.24) is 10.1 Å². The molecular weight excluding hydrogens is 250 g/mol. The van der Waals surface area contributed by atoms with Gasteiger partial charge in [-0.3, -0.25) is 0 Å². The molecule has 2 aliphatic carbocycles. The van der Waals surface area contributed by atoms with Gasteiger partial charge in [-0.2, -0.15) is 4.98 Å². The molecule has 3 rings (SSSR count). The van der Waals surface area contributed by atoms with Crippen LogP contribution in [0.1, 0.15) is 76.4 Å². The van der Waals surface area contributed by atoms with Crippen LogP contribution in [0, 0.1) is 17.3 Å². The summed E-state index contributed by atoms with van der Waals surface area (Å²) in [5.41, 5.74) is 6.13. The minimum absolute atomic E-state index is 0.190. The molecule has 2 bridgehead atoms. The number of nitrogens with two attached hydrogens (primary N) is 1. The third-order valence-corrected chi connectivity index (χ3v) is 5.02. The molecule has 0 saturated heterocycles. The monoisotopic (exact) mass is 277 g/mol. The molecule has 1 heterocycles. The Hall–Kier alpha value is -0.900. The van der Waals surface area contributed by atoms with E-state index in [1.165, 1.54) is 25.7 Å². The second-order valence-corrected chi connectivity index (χ2v) is 7.97. The number of hydrogen-bond acceptors (Lipinski definition) is 4. The minimum Gasteiger partial charge on any atom is -0.339 e. The van der Waals surface area contributed by atoms with E-state index in [2.05, 4.69) is 25.9 Å². The molecule has 2 N–H and O–H groups in total. The molecule has 1 aromatic heterocycles. The quantitative estimate of drug-likeness (QED) is 0.915. The Bertz CT molecular complexity index is 463. The molecule has 1 aromatic rings. The number of fused-ring (bicyclic) bond motifs is 2. The third kappa shape index (κ3) is 2.76. The first-order chi connectivity index (χ1) is 9.46. The zero-order valence-electron chi connectivity index (χ0n) is 12.9. The first-order valence-corrected chi connectivity index (χ1v) is 8.00. The van der Waals surface area contributed by atoms with Gasteiger partial charge in [-0.15, -0.1) is 0 Å². The van der Waals surface area contributed by atoms with Crippen LogP contribution in [-0.2, 0) is 0 Å². The van der Waals surface area contributed by atoms with Gasteiger partial charge < -0.3 is 10.3 Å². The lowest BCUT2D eigenvalue weighted by Gasteiger charge is -2.22. The van der Waals surface area contributed by atoms with E-state index in [-0.39, 0.29) is 11.3 Å². The lowest BCUT2D eigenvalue weighted by Crippen LogP contribution is -2.20. The summed E-state index contributed by atoms with van der Waals surface area (Å²) >= 11 is 0. The van der Waals surface area contributed by atoms with Gasteiger partial charge in [0.05, 0.1) is 5.92 Å². The Morgan fingerprint density at radius 2 is 2.10 bits per heavy atom. The van der Waals surface area contributed by atoms with Gasteiger partial charge in [0.25, 0.3) is 0 Å². The van der Waals surface area contributed by atoms with Gasteiger partial charge in [0, 0.05) is 12.5 Å². The molecule has 0 spiro atoms. The maximum atomic E-state index is 5.91. The van der Waals surface area contributed by atoms with Crippen LogP contribution in [-0.4, -0.2) is 16.7 Å². The molecular formula is C16H27N3O. The van der Waals surface area contributed by atoms with Crippen molar-refractivity contribution in [2.75, 3.05) is 6.54 Å². The molecule has 4 heteroatoms. The van der Waals surface area contributed by atoms with Gasteiger partial charge in [-0.1, -0.05) is 32.3 Å². The van der Waals surface area contributed by atoms with E-state index in [9.17, 15) is 0 Å². The van der Waals surface area contributed by atoms with E-state index >= 15 is 0 Å². The fourth-order valence-electron chi connectivity index (χ4n) is 4.14. The highest BCUT2D eigenvalue weighted by Crippen LogP contribution is 2.52. The maximum Gasteiger partial charge on any atom is 0.231 e. The molecule has 0 amide bonds. The van der Waals surface area contributed by atoms with Crippen molar-refractivity contribution in [3.63, 3.8) is 0 Å². The molecule has 20 heavy (non-hydrogen) atoms. The summed E-state index contributed by atoms with van der Waals surface area (Å²) in [4.78, 5) is 4.71. The molecule has 4 atom stereocenters. The van der Waals surface area contributed by atoms with Crippen LogP contribution in [0.25, 0.3) is 0 Å². The van der Waals surface area contributed by atoms with Gasteiger partial charge >= 0.3 is 0 Å². The fourth-order valence-corrected chi connectivity index (χ4v) is 4.14. The van der Waals surface area contributed by atoms with E-state index in [0.717, 1.165) is 30.0 Å². The first kappa shape index (κ1) is 14.1. The average molecular weight is 277 g/mol. The lowest BCUT2D eigenvalue weighted by atomic mass is 9.84. The second kappa shape index (κ2) is 5.14. The van der Waals surface area contributed by atoms with E-state index in [0.29, 0.717) is 12.5 Å². The van der Waals surface area contributed by atoms with Crippen LogP contribution in [0.5, 0.6) is 0 Å². The van der Waals surface area contributed by atoms with Crippen LogP contribution in [0.15, 0.2) is 4.52 Å². The van der Waals surface area contributed by atoms with E-state index < -0.39 is 0 Å². The maximum absolute atomic E-state index is 5.91. The summed E-state index contributed by atoms with van der Waals surface area (Å²) in [5, 5.41) is 4.27. The predicted molar refractivity (Wildman–Crippen MR) is 78.4 cm³/mol. The van der Waals surface area contributed by atoms with Crippen LogP contribution in [0.2, 0.25) is 0 Å². The summed E-state index contributed by atoms with van der Waals surface area (Å²) in [6.07, 6.45) is 6.37. The first-order valence-electron chi connectivity index (χ1n) is 8.00. The second-order valence-electron chi connectivity index (χ2n) is 7.97.